The van der Waals surface area contributed by atoms with Crippen LogP contribution in [0.15, 0.2) is 29.1 Å². The molecule has 0 spiro atoms. The summed E-state index contributed by atoms with van der Waals surface area (Å²) >= 11 is 0. The van der Waals surface area contributed by atoms with E-state index in [4.69, 9.17) is 0 Å². The zero-order valence-corrected chi connectivity index (χ0v) is 10.6. The van der Waals surface area contributed by atoms with Crippen molar-refractivity contribution in [3.05, 3.63) is 57.0 Å². The molecule has 0 saturated carbocycles. The van der Waals surface area contributed by atoms with Gasteiger partial charge in [-0.15, -0.1) is 0 Å². The van der Waals surface area contributed by atoms with E-state index in [2.05, 4.69) is 5.10 Å². The Morgan fingerprint density at radius 1 is 1.17 bits per heavy atom. The number of hydrogen-bond acceptors (Lipinski definition) is 3. The summed E-state index contributed by atoms with van der Waals surface area (Å²) < 4.78 is 1.63. The smallest absolute Gasteiger partial charge is 0.211 e. The van der Waals surface area contributed by atoms with Gasteiger partial charge in [0.1, 0.15) is 0 Å². The van der Waals surface area contributed by atoms with Crippen LogP contribution in [0.3, 0.4) is 0 Å². The zero-order valence-electron chi connectivity index (χ0n) is 10.6. The molecule has 0 radical (unpaired) electrons. The van der Waals surface area contributed by atoms with E-state index in [9.17, 15) is 9.59 Å². The molecule has 1 heterocycles. The van der Waals surface area contributed by atoms with Crippen molar-refractivity contribution in [1.29, 1.82) is 0 Å². The van der Waals surface area contributed by atoms with Crippen LogP contribution in [0.2, 0.25) is 0 Å². The Hall–Kier alpha value is -2.23. The molecule has 0 saturated heterocycles. The van der Waals surface area contributed by atoms with Gasteiger partial charge in [-0.25, -0.2) is 4.68 Å². The number of benzene rings is 1. The molecule has 2 rings (SSSR count). The van der Waals surface area contributed by atoms with Crippen LogP contribution in [0.4, 0.5) is 0 Å². The van der Waals surface area contributed by atoms with Gasteiger partial charge < -0.3 is 0 Å². The Morgan fingerprint density at radius 3 is 2.56 bits per heavy atom. The van der Waals surface area contributed by atoms with Crippen molar-refractivity contribution in [3.63, 3.8) is 0 Å². The molecule has 4 heteroatoms. The largest absolute Gasteiger partial charge is 0.296 e. The SMILES string of the molecule is Cc1ccc(C)c(-n2nc(C=O)c(=O)cc2C)c1. The lowest BCUT2D eigenvalue weighted by Gasteiger charge is -2.13. The molecule has 0 atom stereocenters. The maximum Gasteiger partial charge on any atom is 0.211 e. The fourth-order valence-corrected chi connectivity index (χ4v) is 1.83. The first-order valence-corrected chi connectivity index (χ1v) is 5.66. The van der Waals surface area contributed by atoms with E-state index in [1.165, 1.54) is 6.07 Å². The molecule has 4 nitrogen and oxygen atoms in total. The van der Waals surface area contributed by atoms with Crippen LogP contribution >= 0.6 is 0 Å². The highest BCUT2D eigenvalue weighted by molar-refractivity contribution is 5.71. The Kier molecular flexibility index (Phi) is 3.10. The maximum absolute atomic E-state index is 11.5. The molecule has 1 aromatic carbocycles. The van der Waals surface area contributed by atoms with Gasteiger partial charge in [0.2, 0.25) is 5.43 Å². The van der Waals surface area contributed by atoms with Crippen molar-refractivity contribution in [2.75, 3.05) is 0 Å². The summed E-state index contributed by atoms with van der Waals surface area (Å²) in [5, 5.41) is 4.10. The van der Waals surface area contributed by atoms with Gasteiger partial charge in [0.15, 0.2) is 12.0 Å². The molecule has 18 heavy (non-hydrogen) atoms. The number of carbonyl (C=O) groups excluding carboxylic acids is 1. The van der Waals surface area contributed by atoms with Crippen molar-refractivity contribution < 1.29 is 4.79 Å². The monoisotopic (exact) mass is 242 g/mol. The van der Waals surface area contributed by atoms with Crippen LogP contribution in [-0.4, -0.2) is 16.1 Å². The van der Waals surface area contributed by atoms with Crippen molar-refractivity contribution in [1.82, 2.24) is 9.78 Å². The van der Waals surface area contributed by atoms with Crippen LogP contribution < -0.4 is 5.43 Å². The van der Waals surface area contributed by atoms with E-state index in [0.29, 0.717) is 12.0 Å². The topological polar surface area (TPSA) is 52.0 Å². The Bertz CT molecular complexity index is 672. The van der Waals surface area contributed by atoms with Gasteiger partial charge in [-0.1, -0.05) is 12.1 Å². The highest BCUT2D eigenvalue weighted by Crippen LogP contribution is 2.16. The number of carbonyl (C=O) groups is 1. The quantitative estimate of drug-likeness (QED) is 0.756. The van der Waals surface area contributed by atoms with Crippen molar-refractivity contribution in [3.8, 4) is 5.69 Å². The van der Waals surface area contributed by atoms with Gasteiger partial charge in [-0.3, -0.25) is 9.59 Å². The lowest BCUT2D eigenvalue weighted by Crippen LogP contribution is -2.18. The lowest BCUT2D eigenvalue weighted by molar-refractivity contribution is 0.111. The van der Waals surface area contributed by atoms with Crippen molar-refractivity contribution in [2.45, 2.75) is 20.8 Å². The second-order valence-electron chi connectivity index (χ2n) is 4.35. The van der Waals surface area contributed by atoms with Crippen LogP contribution in [0.25, 0.3) is 5.69 Å². The minimum atomic E-state index is -0.343. The standard InChI is InChI=1S/C14H14N2O2/c1-9-4-5-10(2)13(6-9)16-11(3)7-14(18)12(8-17)15-16/h4-8H,1-3H3. The summed E-state index contributed by atoms with van der Waals surface area (Å²) in [6.45, 7) is 5.75. The third-order valence-electron chi connectivity index (χ3n) is 2.84. The third-order valence-corrected chi connectivity index (χ3v) is 2.84. The first-order chi connectivity index (χ1) is 8.52. The average Bonchev–Trinajstić information content (AvgIpc) is 2.33. The second kappa shape index (κ2) is 4.56. The summed E-state index contributed by atoms with van der Waals surface area (Å²) in [7, 11) is 0. The Morgan fingerprint density at radius 2 is 1.89 bits per heavy atom. The van der Waals surface area contributed by atoms with Gasteiger partial charge in [0, 0.05) is 11.8 Å². The van der Waals surface area contributed by atoms with Crippen molar-refractivity contribution in [2.24, 2.45) is 0 Å². The van der Waals surface area contributed by atoms with Gasteiger partial charge >= 0.3 is 0 Å². The minimum Gasteiger partial charge on any atom is -0.296 e. The number of aryl methyl sites for hydroxylation is 3. The first kappa shape index (κ1) is 12.2. The fraction of sp³-hybridized carbons (Fsp3) is 0.214. The van der Waals surface area contributed by atoms with Gasteiger partial charge in [0.05, 0.1) is 5.69 Å². The number of aldehydes is 1. The molecule has 0 aliphatic heterocycles. The molecule has 0 aliphatic rings. The predicted molar refractivity (Wildman–Crippen MR) is 69.4 cm³/mol. The number of rotatable bonds is 2. The number of hydrogen-bond donors (Lipinski definition) is 0. The summed E-state index contributed by atoms with van der Waals surface area (Å²) in [5.41, 5.74) is 3.32. The fourth-order valence-electron chi connectivity index (χ4n) is 1.83. The van der Waals surface area contributed by atoms with E-state index >= 15 is 0 Å². The normalized spacial score (nSPS) is 10.4. The molecular weight excluding hydrogens is 228 g/mol. The van der Waals surface area contributed by atoms with Crippen LogP contribution in [0.5, 0.6) is 0 Å². The number of nitrogens with zero attached hydrogens (tertiary/aromatic N) is 2. The molecule has 0 fully saturated rings. The van der Waals surface area contributed by atoms with E-state index < -0.39 is 0 Å². The van der Waals surface area contributed by atoms with Crippen LogP contribution in [0, 0.1) is 20.8 Å². The molecule has 0 N–H and O–H groups in total. The molecular formula is C14H14N2O2. The third kappa shape index (κ3) is 2.09. The van der Waals surface area contributed by atoms with E-state index in [0.717, 1.165) is 16.8 Å². The maximum atomic E-state index is 11.5. The Labute approximate surface area is 105 Å². The zero-order chi connectivity index (χ0) is 13.3. The molecule has 0 aliphatic carbocycles. The molecule has 2 aromatic rings. The summed E-state index contributed by atoms with van der Waals surface area (Å²) in [5.74, 6) is 0. The van der Waals surface area contributed by atoms with Gasteiger partial charge in [-0.2, -0.15) is 5.10 Å². The molecule has 0 bridgehead atoms. The minimum absolute atomic E-state index is 0.0680. The molecule has 0 amide bonds. The summed E-state index contributed by atoms with van der Waals surface area (Å²) in [6, 6.07) is 7.41. The first-order valence-electron chi connectivity index (χ1n) is 5.66. The summed E-state index contributed by atoms with van der Waals surface area (Å²) in [4.78, 5) is 22.3. The lowest BCUT2D eigenvalue weighted by atomic mass is 10.1. The highest BCUT2D eigenvalue weighted by Gasteiger charge is 2.08. The molecule has 92 valence electrons. The number of aromatic nitrogens is 2. The van der Waals surface area contributed by atoms with Crippen LogP contribution in [-0.2, 0) is 0 Å². The Balaban J connectivity index is 2.74. The van der Waals surface area contributed by atoms with E-state index in [1.807, 2.05) is 32.0 Å². The van der Waals surface area contributed by atoms with Gasteiger partial charge in [-0.05, 0) is 38.0 Å². The van der Waals surface area contributed by atoms with E-state index in [-0.39, 0.29) is 11.1 Å². The van der Waals surface area contributed by atoms with Gasteiger partial charge in [0.25, 0.3) is 0 Å². The average molecular weight is 242 g/mol. The summed E-state index contributed by atoms with van der Waals surface area (Å²) in [6.07, 6.45) is 0.489. The predicted octanol–water partition coefficient (Wildman–Crippen LogP) is 1.97. The second-order valence-corrected chi connectivity index (χ2v) is 4.35. The highest BCUT2D eigenvalue weighted by atomic mass is 16.1. The van der Waals surface area contributed by atoms with Crippen molar-refractivity contribution >= 4 is 6.29 Å². The van der Waals surface area contributed by atoms with E-state index in [1.54, 1.807) is 11.6 Å². The molecule has 1 aromatic heterocycles. The van der Waals surface area contributed by atoms with Crippen LogP contribution in [0.1, 0.15) is 27.3 Å². The molecule has 0 unspecified atom stereocenters.